The molecule has 2 aromatic rings. The molecule has 2 rings (SSSR count). The van der Waals surface area contributed by atoms with Gasteiger partial charge < -0.3 is 10.2 Å². The Labute approximate surface area is 167 Å². The van der Waals surface area contributed by atoms with E-state index in [4.69, 9.17) is 11.6 Å². The SMILES string of the molecule is CC(C(=O)Nc1ccc(Cl)c(C(F)(F)F)c1)N(C)Cc1ccc(N(C)C)nc1. The Balaban J connectivity index is 2.03. The van der Waals surface area contributed by atoms with Gasteiger partial charge in [0, 0.05) is 32.5 Å². The van der Waals surface area contributed by atoms with Crippen molar-refractivity contribution >= 4 is 29.0 Å². The summed E-state index contributed by atoms with van der Waals surface area (Å²) in [6.45, 7) is 2.14. The highest BCUT2D eigenvalue weighted by Gasteiger charge is 2.33. The van der Waals surface area contributed by atoms with Gasteiger partial charge in [-0.05, 0) is 43.8 Å². The zero-order valence-corrected chi connectivity index (χ0v) is 16.8. The van der Waals surface area contributed by atoms with Crippen molar-refractivity contribution in [2.24, 2.45) is 0 Å². The smallest absolute Gasteiger partial charge is 0.363 e. The number of rotatable bonds is 6. The van der Waals surface area contributed by atoms with Gasteiger partial charge in [0.05, 0.1) is 16.6 Å². The van der Waals surface area contributed by atoms with Crippen molar-refractivity contribution in [1.82, 2.24) is 9.88 Å². The maximum Gasteiger partial charge on any atom is 0.417 e. The third kappa shape index (κ3) is 5.59. The number of anilines is 2. The van der Waals surface area contributed by atoms with Crippen LogP contribution < -0.4 is 10.2 Å². The summed E-state index contributed by atoms with van der Waals surface area (Å²) in [5.41, 5.74) is -0.0300. The van der Waals surface area contributed by atoms with Gasteiger partial charge >= 0.3 is 6.18 Å². The van der Waals surface area contributed by atoms with E-state index in [1.165, 1.54) is 6.07 Å². The Morgan fingerprint density at radius 3 is 2.43 bits per heavy atom. The molecule has 9 heteroatoms. The molecule has 1 amide bonds. The minimum absolute atomic E-state index is 0.0407. The van der Waals surface area contributed by atoms with Crippen molar-refractivity contribution in [3.05, 3.63) is 52.7 Å². The summed E-state index contributed by atoms with van der Waals surface area (Å²) in [4.78, 5) is 20.4. The van der Waals surface area contributed by atoms with Crippen molar-refractivity contribution in [1.29, 1.82) is 0 Å². The number of hydrogen-bond acceptors (Lipinski definition) is 4. The van der Waals surface area contributed by atoms with Crippen molar-refractivity contribution in [2.75, 3.05) is 31.4 Å². The first-order valence-corrected chi connectivity index (χ1v) is 8.87. The Kier molecular flexibility index (Phi) is 6.90. The molecule has 1 aromatic heterocycles. The van der Waals surface area contributed by atoms with Gasteiger partial charge in [-0.15, -0.1) is 0 Å². The molecule has 0 spiro atoms. The maximum absolute atomic E-state index is 13.0. The van der Waals surface area contributed by atoms with Crippen LogP contribution in [0.5, 0.6) is 0 Å². The standard InChI is InChI=1S/C19H22ClF3N4O/c1-12(27(4)11-13-5-8-17(24-10-13)26(2)3)18(28)25-14-6-7-16(20)15(9-14)19(21,22)23/h5-10,12H,11H2,1-4H3,(H,25,28). The van der Waals surface area contributed by atoms with Crippen molar-refractivity contribution < 1.29 is 18.0 Å². The predicted molar refractivity (Wildman–Crippen MR) is 105 cm³/mol. The van der Waals surface area contributed by atoms with E-state index in [1.807, 2.05) is 31.1 Å². The fraction of sp³-hybridized carbons (Fsp3) is 0.368. The Morgan fingerprint density at radius 1 is 1.21 bits per heavy atom. The second kappa shape index (κ2) is 8.79. The van der Waals surface area contributed by atoms with Crippen molar-refractivity contribution in [2.45, 2.75) is 25.7 Å². The number of nitrogens with one attached hydrogen (secondary N) is 1. The van der Waals surface area contributed by atoms with E-state index < -0.39 is 28.7 Å². The van der Waals surface area contributed by atoms with Crippen molar-refractivity contribution in [3.63, 3.8) is 0 Å². The van der Waals surface area contributed by atoms with Gasteiger partial charge in [0.1, 0.15) is 5.82 Å². The number of alkyl halides is 3. The molecule has 28 heavy (non-hydrogen) atoms. The van der Waals surface area contributed by atoms with E-state index in [1.54, 1.807) is 25.1 Å². The predicted octanol–water partition coefficient (Wildman–Crippen LogP) is 4.28. The number of hydrogen-bond donors (Lipinski definition) is 1. The van der Waals surface area contributed by atoms with E-state index in [0.717, 1.165) is 23.5 Å². The first-order chi connectivity index (χ1) is 13.0. The molecule has 0 aliphatic heterocycles. The number of pyridine rings is 1. The van der Waals surface area contributed by atoms with Gasteiger partial charge in [0.15, 0.2) is 0 Å². The van der Waals surface area contributed by atoms with E-state index in [2.05, 4.69) is 10.3 Å². The number of amides is 1. The average Bonchev–Trinajstić information content (AvgIpc) is 2.62. The maximum atomic E-state index is 13.0. The largest absolute Gasteiger partial charge is 0.417 e. The van der Waals surface area contributed by atoms with Gasteiger partial charge in [-0.2, -0.15) is 13.2 Å². The Morgan fingerprint density at radius 2 is 1.89 bits per heavy atom. The van der Waals surface area contributed by atoms with Crippen LogP contribution in [0, 0.1) is 0 Å². The first kappa shape index (κ1) is 22.0. The van der Waals surface area contributed by atoms with Crippen LogP contribution in [0.4, 0.5) is 24.7 Å². The summed E-state index contributed by atoms with van der Waals surface area (Å²) in [6, 6.07) is 6.51. The lowest BCUT2D eigenvalue weighted by Crippen LogP contribution is -2.39. The first-order valence-electron chi connectivity index (χ1n) is 8.49. The molecule has 0 radical (unpaired) electrons. The molecule has 0 saturated heterocycles. The molecular weight excluding hydrogens is 393 g/mol. The van der Waals surface area contributed by atoms with Gasteiger partial charge in [0.2, 0.25) is 5.91 Å². The van der Waals surface area contributed by atoms with Gasteiger partial charge in [-0.3, -0.25) is 9.69 Å². The van der Waals surface area contributed by atoms with Gasteiger partial charge in [-0.1, -0.05) is 17.7 Å². The van der Waals surface area contributed by atoms with E-state index in [0.29, 0.717) is 6.54 Å². The molecule has 1 N–H and O–H groups in total. The van der Waals surface area contributed by atoms with Crippen LogP contribution in [-0.4, -0.2) is 43.0 Å². The molecule has 1 atom stereocenters. The number of carbonyl (C=O) groups excluding carboxylic acids is 1. The lowest BCUT2D eigenvalue weighted by atomic mass is 10.1. The van der Waals surface area contributed by atoms with Crippen LogP contribution in [0.25, 0.3) is 0 Å². The third-order valence-electron chi connectivity index (χ3n) is 4.28. The highest BCUT2D eigenvalue weighted by atomic mass is 35.5. The Hall–Kier alpha value is -2.32. The van der Waals surface area contributed by atoms with Crippen LogP contribution in [0.3, 0.4) is 0 Å². The lowest BCUT2D eigenvalue weighted by molar-refractivity contribution is -0.137. The summed E-state index contributed by atoms with van der Waals surface area (Å²) in [5, 5.41) is 2.10. The number of benzene rings is 1. The number of likely N-dealkylation sites (N-methyl/N-ethyl adjacent to an activating group) is 1. The number of halogens is 4. The Bertz CT molecular complexity index is 825. The molecule has 152 valence electrons. The molecule has 1 heterocycles. The molecule has 0 aliphatic carbocycles. The van der Waals surface area contributed by atoms with Crippen LogP contribution in [-0.2, 0) is 17.5 Å². The molecule has 1 unspecified atom stereocenters. The van der Waals surface area contributed by atoms with Crippen molar-refractivity contribution in [3.8, 4) is 0 Å². The highest BCUT2D eigenvalue weighted by molar-refractivity contribution is 6.31. The molecule has 0 fully saturated rings. The molecular formula is C19H22ClF3N4O. The molecule has 0 saturated carbocycles. The fourth-order valence-electron chi connectivity index (χ4n) is 2.47. The fourth-order valence-corrected chi connectivity index (χ4v) is 2.69. The lowest BCUT2D eigenvalue weighted by Gasteiger charge is -2.24. The number of carbonyl (C=O) groups is 1. The average molecular weight is 415 g/mol. The van der Waals surface area contributed by atoms with Gasteiger partial charge in [0.25, 0.3) is 0 Å². The van der Waals surface area contributed by atoms with Crippen LogP contribution >= 0.6 is 11.6 Å². The number of aromatic nitrogens is 1. The monoisotopic (exact) mass is 414 g/mol. The van der Waals surface area contributed by atoms with Gasteiger partial charge in [-0.25, -0.2) is 4.98 Å². The second-order valence-corrected chi connectivity index (χ2v) is 7.10. The minimum Gasteiger partial charge on any atom is -0.363 e. The number of nitrogens with zero attached hydrogens (tertiary/aromatic N) is 3. The topological polar surface area (TPSA) is 48.5 Å². The van der Waals surface area contributed by atoms with Crippen LogP contribution in [0.15, 0.2) is 36.5 Å². The zero-order chi connectivity index (χ0) is 21.1. The van der Waals surface area contributed by atoms with E-state index >= 15 is 0 Å². The highest BCUT2D eigenvalue weighted by Crippen LogP contribution is 2.36. The summed E-state index contributed by atoms with van der Waals surface area (Å²) < 4.78 is 38.9. The van der Waals surface area contributed by atoms with E-state index in [9.17, 15) is 18.0 Å². The molecule has 5 nitrogen and oxygen atoms in total. The third-order valence-corrected chi connectivity index (χ3v) is 4.61. The zero-order valence-electron chi connectivity index (χ0n) is 16.0. The second-order valence-electron chi connectivity index (χ2n) is 6.69. The minimum atomic E-state index is -4.59. The summed E-state index contributed by atoms with van der Waals surface area (Å²) >= 11 is 5.60. The molecule has 1 aromatic carbocycles. The summed E-state index contributed by atoms with van der Waals surface area (Å²) in [5.74, 6) is 0.399. The molecule has 0 bridgehead atoms. The quantitative estimate of drug-likeness (QED) is 0.766. The van der Waals surface area contributed by atoms with E-state index in [-0.39, 0.29) is 5.69 Å². The summed E-state index contributed by atoms with van der Waals surface area (Å²) in [6.07, 6.45) is -2.86. The summed E-state index contributed by atoms with van der Waals surface area (Å²) in [7, 11) is 5.54. The van der Waals surface area contributed by atoms with Crippen LogP contribution in [0.2, 0.25) is 5.02 Å². The van der Waals surface area contributed by atoms with Crippen LogP contribution in [0.1, 0.15) is 18.1 Å². The molecule has 0 aliphatic rings. The normalized spacial score (nSPS) is 12.8.